The maximum Gasteiger partial charge on any atom is 0.326 e. The van der Waals surface area contributed by atoms with Gasteiger partial charge in [-0.05, 0) is 98.9 Å². The molecule has 5 nitrogen and oxygen atoms in total. The molecule has 0 spiro atoms. The van der Waals surface area contributed by atoms with Crippen molar-refractivity contribution in [1.29, 1.82) is 0 Å². The third kappa shape index (κ3) is 7.97. The molecule has 2 N–H and O–H groups in total. The van der Waals surface area contributed by atoms with Crippen molar-refractivity contribution >= 4 is 23.6 Å². The van der Waals surface area contributed by atoms with Gasteiger partial charge in [0.1, 0.15) is 6.04 Å². The quantitative estimate of drug-likeness (QED) is 0.359. The van der Waals surface area contributed by atoms with E-state index >= 15 is 0 Å². The van der Waals surface area contributed by atoms with Crippen LogP contribution in [0.15, 0.2) is 54.1 Å². The second-order valence-corrected chi connectivity index (χ2v) is 10.4. The summed E-state index contributed by atoms with van der Waals surface area (Å²) in [5.41, 5.74) is 6.13. The summed E-state index contributed by atoms with van der Waals surface area (Å²) in [5, 5.41) is 12.3. The molecule has 0 bridgehead atoms. The molecule has 3 rings (SSSR count). The van der Waals surface area contributed by atoms with Crippen LogP contribution in [0.5, 0.6) is 0 Å². The van der Waals surface area contributed by atoms with Crippen LogP contribution in [-0.2, 0) is 11.3 Å². The van der Waals surface area contributed by atoms with Crippen molar-refractivity contribution in [1.82, 2.24) is 10.2 Å². The van der Waals surface area contributed by atoms with Crippen molar-refractivity contribution in [2.75, 3.05) is 25.6 Å². The molecule has 0 heterocycles. The lowest BCUT2D eigenvalue weighted by atomic mass is 9.93. The van der Waals surface area contributed by atoms with Gasteiger partial charge in [0.25, 0.3) is 5.91 Å². The topological polar surface area (TPSA) is 69.6 Å². The van der Waals surface area contributed by atoms with E-state index in [1.54, 1.807) is 17.3 Å². The average Bonchev–Trinajstić information content (AvgIpc) is 2.86. The number of aliphatic carboxylic acids is 1. The Balaban J connectivity index is 1.82. The average molecular weight is 495 g/mol. The van der Waals surface area contributed by atoms with E-state index in [-0.39, 0.29) is 5.91 Å². The molecule has 1 amide bonds. The predicted octanol–water partition coefficient (Wildman–Crippen LogP) is 5.92. The summed E-state index contributed by atoms with van der Waals surface area (Å²) in [4.78, 5) is 27.3. The van der Waals surface area contributed by atoms with E-state index < -0.39 is 12.0 Å². The van der Waals surface area contributed by atoms with E-state index in [4.69, 9.17) is 0 Å². The van der Waals surface area contributed by atoms with E-state index in [1.165, 1.54) is 25.7 Å². The van der Waals surface area contributed by atoms with Crippen LogP contribution in [0.1, 0.15) is 60.0 Å². The molecule has 35 heavy (non-hydrogen) atoms. The predicted molar refractivity (Wildman–Crippen MR) is 146 cm³/mol. The number of hydrogen-bond acceptors (Lipinski definition) is 4. The Bertz CT molecular complexity index is 1050. The fraction of sp³-hybridized carbons (Fsp3) is 0.448. The zero-order chi connectivity index (χ0) is 25.2. The summed E-state index contributed by atoms with van der Waals surface area (Å²) in [6.07, 6.45) is 10.9. The minimum atomic E-state index is -1.00. The molecule has 2 aromatic carbocycles. The fourth-order valence-electron chi connectivity index (χ4n) is 4.57. The first-order valence-corrected chi connectivity index (χ1v) is 13.9. The zero-order valence-electron chi connectivity index (χ0n) is 21.2. The Hall–Kier alpha value is -2.57. The van der Waals surface area contributed by atoms with Gasteiger partial charge in [0, 0.05) is 18.7 Å². The highest BCUT2D eigenvalue weighted by molar-refractivity contribution is 7.98. The van der Waals surface area contributed by atoms with Gasteiger partial charge in [-0.1, -0.05) is 42.0 Å². The monoisotopic (exact) mass is 494 g/mol. The summed E-state index contributed by atoms with van der Waals surface area (Å²) in [6.45, 7) is 3.83. The van der Waals surface area contributed by atoms with E-state index in [0.29, 0.717) is 17.7 Å². The van der Waals surface area contributed by atoms with Gasteiger partial charge in [-0.25, -0.2) is 4.79 Å². The summed E-state index contributed by atoms with van der Waals surface area (Å²) >= 11 is 1.57. The molecule has 6 heteroatoms. The smallest absolute Gasteiger partial charge is 0.326 e. The van der Waals surface area contributed by atoms with Gasteiger partial charge in [0.15, 0.2) is 0 Å². The molecule has 0 saturated heterocycles. The normalized spacial score (nSPS) is 14.5. The van der Waals surface area contributed by atoms with E-state index in [2.05, 4.69) is 29.4 Å². The van der Waals surface area contributed by atoms with Crippen molar-refractivity contribution < 1.29 is 14.7 Å². The molecule has 1 aliphatic rings. The van der Waals surface area contributed by atoms with Crippen LogP contribution in [0, 0.1) is 6.92 Å². The Morgan fingerprint density at radius 2 is 1.94 bits per heavy atom. The van der Waals surface area contributed by atoms with Crippen LogP contribution in [0.4, 0.5) is 0 Å². The third-order valence-electron chi connectivity index (χ3n) is 6.63. The number of carbonyl (C=O) groups excluding carboxylic acids is 1. The van der Waals surface area contributed by atoms with Crippen LogP contribution in [0.2, 0.25) is 0 Å². The molecule has 1 atom stereocenters. The Labute approximate surface area is 214 Å². The second kappa shape index (κ2) is 13.5. The highest BCUT2D eigenvalue weighted by Crippen LogP contribution is 2.29. The lowest BCUT2D eigenvalue weighted by molar-refractivity contribution is -0.139. The van der Waals surface area contributed by atoms with Crippen molar-refractivity contribution in [3.63, 3.8) is 0 Å². The first kappa shape index (κ1) is 27.0. The Morgan fingerprint density at radius 3 is 2.63 bits per heavy atom. The van der Waals surface area contributed by atoms with Crippen molar-refractivity contribution in [3.05, 3.63) is 70.8 Å². The molecule has 0 aromatic heterocycles. The number of aryl methyl sites for hydroxylation is 1. The number of carbonyl (C=O) groups is 2. The van der Waals surface area contributed by atoms with E-state index in [1.807, 2.05) is 49.6 Å². The van der Waals surface area contributed by atoms with Gasteiger partial charge in [0.05, 0.1) is 0 Å². The molecule has 1 unspecified atom stereocenters. The van der Waals surface area contributed by atoms with Gasteiger partial charge in [-0.2, -0.15) is 11.8 Å². The highest BCUT2D eigenvalue weighted by atomic mass is 32.2. The number of carboxylic acids is 1. The lowest BCUT2D eigenvalue weighted by Gasteiger charge is -2.21. The van der Waals surface area contributed by atoms with E-state index in [0.717, 1.165) is 41.8 Å². The summed E-state index contributed by atoms with van der Waals surface area (Å²) in [7, 11) is 2.14. The molecule has 0 aliphatic heterocycles. The molecule has 0 fully saturated rings. The van der Waals surface area contributed by atoms with Crippen LogP contribution in [-0.4, -0.2) is 53.5 Å². The number of nitrogens with one attached hydrogen (secondary N) is 1. The number of nitrogens with zero attached hydrogens (tertiary/aromatic N) is 1. The zero-order valence-corrected chi connectivity index (χ0v) is 22.0. The molecular formula is C29H38N2O3S. The number of allylic oxidation sites excluding steroid dienone is 1. The minimum absolute atomic E-state index is 0.346. The van der Waals surface area contributed by atoms with Crippen molar-refractivity contribution in [2.24, 2.45) is 0 Å². The van der Waals surface area contributed by atoms with Crippen LogP contribution >= 0.6 is 11.8 Å². The minimum Gasteiger partial charge on any atom is -0.480 e. The van der Waals surface area contributed by atoms with Gasteiger partial charge in [-0.15, -0.1) is 0 Å². The first-order valence-electron chi connectivity index (χ1n) is 12.5. The second-order valence-electron chi connectivity index (χ2n) is 9.44. The highest BCUT2D eigenvalue weighted by Gasteiger charge is 2.23. The largest absolute Gasteiger partial charge is 0.480 e. The standard InChI is InChI=1S/C29H38N2O3S/c1-21-9-7-8-12-24(21)26-19-23(20-31(2)17-15-22-10-5-4-6-11-22)13-14-25(26)28(32)30-27(29(33)34)16-18-35-3/h7-10,12-14,19,27H,4-6,11,15-18,20H2,1-3H3,(H,30,32)(H,33,34). The number of benzene rings is 2. The fourth-order valence-corrected chi connectivity index (χ4v) is 5.04. The van der Waals surface area contributed by atoms with Gasteiger partial charge in [-0.3, -0.25) is 4.79 Å². The SMILES string of the molecule is CSCCC(NC(=O)c1ccc(CN(C)CCC2=CCCCC2)cc1-c1ccccc1C)C(=O)O. The van der Waals surface area contributed by atoms with Gasteiger partial charge in [0.2, 0.25) is 0 Å². The summed E-state index contributed by atoms with van der Waals surface area (Å²) in [5.74, 6) is -0.679. The number of rotatable bonds is 12. The molecule has 1 aliphatic carbocycles. The molecular weight excluding hydrogens is 456 g/mol. The first-order chi connectivity index (χ1) is 16.9. The molecule has 188 valence electrons. The van der Waals surface area contributed by atoms with Crippen molar-refractivity contribution in [3.8, 4) is 11.1 Å². The van der Waals surface area contributed by atoms with E-state index in [9.17, 15) is 14.7 Å². The Morgan fingerprint density at radius 1 is 1.14 bits per heavy atom. The maximum absolute atomic E-state index is 13.2. The lowest BCUT2D eigenvalue weighted by Crippen LogP contribution is -2.41. The number of hydrogen-bond donors (Lipinski definition) is 2. The van der Waals surface area contributed by atoms with Crippen molar-refractivity contribution in [2.45, 2.75) is 58.0 Å². The third-order valence-corrected chi connectivity index (χ3v) is 7.27. The molecule has 2 aromatic rings. The number of carboxylic acid groups (broad SMARTS) is 1. The van der Waals surface area contributed by atoms with Gasteiger partial charge < -0.3 is 15.3 Å². The van der Waals surface area contributed by atoms with Crippen LogP contribution in [0.25, 0.3) is 11.1 Å². The number of thioether (sulfide) groups is 1. The Kier molecular flexibility index (Phi) is 10.4. The van der Waals surface area contributed by atoms with Gasteiger partial charge >= 0.3 is 5.97 Å². The molecule has 0 saturated carbocycles. The summed E-state index contributed by atoms with van der Waals surface area (Å²) in [6, 6.07) is 13.0. The van der Waals surface area contributed by atoms with Crippen LogP contribution < -0.4 is 5.32 Å². The summed E-state index contributed by atoms with van der Waals surface area (Å²) < 4.78 is 0. The number of amides is 1. The molecule has 0 radical (unpaired) electrons. The maximum atomic E-state index is 13.2. The van der Waals surface area contributed by atoms with Crippen LogP contribution in [0.3, 0.4) is 0 Å².